The third-order valence-corrected chi connectivity index (χ3v) is 3.81. The number of hydrogen-bond donors (Lipinski definition) is 1. The number of rotatable bonds is 5. The molecule has 2 rings (SSSR count). The lowest BCUT2D eigenvalue weighted by Crippen LogP contribution is -2.44. The second-order valence-electron chi connectivity index (χ2n) is 7.07. The predicted octanol–water partition coefficient (Wildman–Crippen LogP) is 3.27. The molecule has 1 aliphatic rings. The number of hydrogen-bond acceptors (Lipinski definition) is 6. The van der Waals surface area contributed by atoms with Gasteiger partial charge < -0.3 is 19.4 Å². The van der Waals surface area contributed by atoms with Crippen molar-refractivity contribution in [1.29, 1.82) is 0 Å². The van der Waals surface area contributed by atoms with Crippen LogP contribution < -0.4 is 4.74 Å². The lowest BCUT2D eigenvalue weighted by atomic mass is 9.88. The SMILES string of the molecule is C=CCOc1ccc(C2CCN(OC(=O)OC(C)(C)C)CC2O)cc1. The topological polar surface area (TPSA) is 68.2 Å². The molecule has 0 aromatic heterocycles. The molecule has 0 radical (unpaired) electrons. The minimum atomic E-state index is -0.748. The van der Waals surface area contributed by atoms with Crippen molar-refractivity contribution in [2.75, 3.05) is 19.7 Å². The first-order valence-corrected chi connectivity index (χ1v) is 8.46. The van der Waals surface area contributed by atoms with Crippen LogP contribution in [0.25, 0.3) is 0 Å². The molecule has 1 fully saturated rings. The molecule has 6 nitrogen and oxygen atoms in total. The molecule has 6 heteroatoms. The van der Waals surface area contributed by atoms with Crippen LogP contribution in [0.3, 0.4) is 0 Å². The number of ether oxygens (including phenoxy) is 2. The number of piperidine rings is 1. The summed E-state index contributed by atoms with van der Waals surface area (Å²) in [5.41, 5.74) is 0.430. The van der Waals surface area contributed by atoms with Crippen LogP contribution in [0.5, 0.6) is 5.75 Å². The summed E-state index contributed by atoms with van der Waals surface area (Å²) in [7, 11) is 0. The van der Waals surface area contributed by atoms with Gasteiger partial charge in [0.2, 0.25) is 0 Å². The number of carbonyl (C=O) groups is 1. The Labute approximate surface area is 148 Å². The third-order valence-electron chi connectivity index (χ3n) is 3.81. The average Bonchev–Trinajstić information content (AvgIpc) is 2.52. The molecule has 1 heterocycles. The van der Waals surface area contributed by atoms with Crippen LogP contribution in [0.2, 0.25) is 0 Å². The van der Waals surface area contributed by atoms with E-state index in [4.69, 9.17) is 14.3 Å². The number of carbonyl (C=O) groups excluding carboxylic acids is 1. The summed E-state index contributed by atoms with van der Waals surface area (Å²) in [6.07, 6.45) is 0.993. The molecule has 1 aliphatic heterocycles. The molecule has 138 valence electrons. The fourth-order valence-corrected chi connectivity index (χ4v) is 2.71. The lowest BCUT2D eigenvalue weighted by Gasteiger charge is -2.34. The minimum Gasteiger partial charge on any atom is -0.490 e. The maximum atomic E-state index is 11.7. The van der Waals surface area contributed by atoms with Crippen LogP contribution in [0.15, 0.2) is 36.9 Å². The fraction of sp³-hybridized carbons (Fsp3) is 0.526. The molecular formula is C19H27NO5. The smallest absolute Gasteiger partial charge is 0.490 e. The quantitative estimate of drug-likeness (QED) is 0.650. The van der Waals surface area contributed by atoms with Gasteiger partial charge in [0.15, 0.2) is 0 Å². The molecule has 0 spiro atoms. The molecule has 0 saturated carbocycles. The number of benzene rings is 1. The number of aliphatic hydroxyl groups excluding tert-OH is 1. The van der Waals surface area contributed by atoms with E-state index < -0.39 is 17.9 Å². The van der Waals surface area contributed by atoms with Crippen molar-refractivity contribution < 1.29 is 24.2 Å². The Morgan fingerprint density at radius 2 is 2.04 bits per heavy atom. The first-order chi connectivity index (χ1) is 11.8. The van der Waals surface area contributed by atoms with Crippen LogP contribution >= 0.6 is 0 Å². The zero-order chi connectivity index (χ0) is 18.4. The highest BCUT2D eigenvalue weighted by Crippen LogP contribution is 2.30. The standard InChI is InChI=1S/C19H27NO5/c1-5-12-23-15-8-6-14(7-9-15)16-10-11-20(13-17(16)21)25-18(22)24-19(2,3)4/h5-9,16-17,21H,1,10-13H2,2-4H3. The Hall–Kier alpha value is -2.05. The lowest BCUT2D eigenvalue weighted by molar-refractivity contribution is -0.170. The van der Waals surface area contributed by atoms with E-state index in [0.29, 0.717) is 19.6 Å². The molecule has 1 saturated heterocycles. The van der Waals surface area contributed by atoms with Gasteiger partial charge in [-0.1, -0.05) is 24.8 Å². The number of β-amino-alcohol motifs (C(OH)–C–C–N with tert-alkyl or cyclic N) is 1. The third kappa shape index (κ3) is 6.07. The molecule has 1 aromatic rings. The molecule has 2 atom stereocenters. The second kappa shape index (κ2) is 8.36. The van der Waals surface area contributed by atoms with Crippen LogP contribution in [0.4, 0.5) is 4.79 Å². The molecule has 1 N–H and O–H groups in total. The van der Waals surface area contributed by atoms with E-state index in [1.807, 2.05) is 24.3 Å². The summed E-state index contributed by atoms with van der Waals surface area (Å²) in [5.74, 6) is 0.760. The van der Waals surface area contributed by atoms with Gasteiger partial charge in [0.25, 0.3) is 0 Å². The Bertz CT molecular complexity index is 578. The van der Waals surface area contributed by atoms with E-state index in [9.17, 15) is 9.90 Å². The summed E-state index contributed by atoms with van der Waals surface area (Å²) in [6, 6.07) is 7.68. The zero-order valence-corrected chi connectivity index (χ0v) is 15.1. The van der Waals surface area contributed by atoms with Crippen LogP contribution in [-0.4, -0.2) is 47.7 Å². The molecule has 0 amide bonds. The summed E-state index contributed by atoms with van der Waals surface area (Å²) in [6.45, 7) is 10.2. The first kappa shape index (κ1) is 19.3. The maximum absolute atomic E-state index is 11.7. The summed E-state index contributed by atoms with van der Waals surface area (Å²) in [5, 5.41) is 11.9. The summed E-state index contributed by atoms with van der Waals surface area (Å²) < 4.78 is 10.6. The van der Waals surface area contributed by atoms with Gasteiger partial charge in [0.05, 0.1) is 12.6 Å². The van der Waals surface area contributed by atoms with Crippen molar-refractivity contribution in [2.45, 2.75) is 44.8 Å². The second-order valence-corrected chi connectivity index (χ2v) is 7.07. The van der Waals surface area contributed by atoms with E-state index in [-0.39, 0.29) is 12.5 Å². The van der Waals surface area contributed by atoms with Crippen LogP contribution in [0, 0.1) is 0 Å². The monoisotopic (exact) mass is 349 g/mol. The minimum absolute atomic E-state index is 0.00746. The highest BCUT2D eigenvalue weighted by molar-refractivity contribution is 5.60. The zero-order valence-electron chi connectivity index (χ0n) is 15.1. The Kier molecular flexibility index (Phi) is 6.45. The van der Waals surface area contributed by atoms with Crippen molar-refractivity contribution in [3.63, 3.8) is 0 Å². The van der Waals surface area contributed by atoms with Gasteiger partial charge in [-0.15, -0.1) is 5.06 Å². The van der Waals surface area contributed by atoms with Crippen LogP contribution in [-0.2, 0) is 9.57 Å². The van der Waals surface area contributed by atoms with Gasteiger partial charge >= 0.3 is 6.16 Å². The first-order valence-electron chi connectivity index (χ1n) is 8.46. The van der Waals surface area contributed by atoms with Gasteiger partial charge in [-0.3, -0.25) is 0 Å². The highest BCUT2D eigenvalue weighted by atomic mass is 16.8. The predicted molar refractivity (Wildman–Crippen MR) is 94.4 cm³/mol. The fourth-order valence-electron chi connectivity index (χ4n) is 2.71. The Morgan fingerprint density at radius 1 is 1.36 bits per heavy atom. The highest BCUT2D eigenvalue weighted by Gasteiger charge is 2.31. The van der Waals surface area contributed by atoms with Crippen LogP contribution in [0.1, 0.15) is 38.7 Å². The summed E-state index contributed by atoms with van der Waals surface area (Å²) in [4.78, 5) is 16.9. The van der Waals surface area contributed by atoms with Crippen molar-refractivity contribution in [1.82, 2.24) is 5.06 Å². The van der Waals surface area contributed by atoms with E-state index in [1.54, 1.807) is 26.8 Å². The van der Waals surface area contributed by atoms with Crippen molar-refractivity contribution in [3.05, 3.63) is 42.5 Å². The molecule has 0 aliphatic carbocycles. The normalized spacial score (nSPS) is 21.4. The average molecular weight is 349 g/mol. The van der Waals surface area contributed by atoms with E-state index >= 15 is 0 Å². The van der Waals surface area contributed by atoms with E-state index in [0.717, 1.165) is 11.3 Å². The van der Waals surface area contributed by atoms with Gasteiger partial charge in [0, 0.05) is 12.5 Å². The molecule has 0 bridgehead atoms. The summed E-state index contributed by atoms with van der Waals surface area (Å²) >= 11 is 0. The number of nitrogens with zero attached hydrogens (tertiary/aromatic N) is 1. The van der Waals surface area contributed by atoms with Crippen molar-refractivity contribution >= 4 is 6.16 Å². The molecule has 2 unspecified atom stereocenters. The van der Waals surface area contributed by atoms with Gasteiger partial charge in [-0.2, -0.15) is 0 Å². The van der Waals surface area contributed by atoms with Crippen molar-refractivity contribution in [2.24, 2.45) is 0 Å². The molecular weight excluding hydrogens is 322 g/mol. The van der Waals surface area contributed by atoms with E-state index in [2.05, 4.69) is 6.58 Å². The largest absolute Gasteiger partial charge is 0.528 e. The van der Waals surface area contributed by atoms with Gasteiger partial charge in [-0.05, 0) is 44.9 Å². The maximum Gasteiger partial charge on any atom is 0.528 e. The molecule has 1 aromatic carbocycles. The van der Waals surface area contributed by atoms with E-state index in [1.165, 1.54) is 5.06 Å². The Balaban J connectivity index is 1.88. The van der Waals surface area contributed by atoms with Crippen molar-refractivity contribution in [3.8, 4) is 5.75 Å². The number of hydroxylamine groups is 2. The Morgan fingerprint density at radius 3 is 2.60 bits per heavy atom. The van der Waals surface area contributed by atoms with Gasteiger partial charge in [-0.25, -0.2) is 4.79 Å². The van der Waals surface area contributed by atoms with Gasteiger partial charge in [0.1, 0.15) is 18.0 Å². The molecule has 25 heavy (non-hydrogen) atoms. The number of aliphatic hydroxyl groups is 1.